The molecule has 3 atom stereocenters. The maximum Gasteiger partial charge on any atom is 0.269 e. The first-order chi connectivity index (χ1) is 14.9. The van der Waals surface area contributed by atoms with E-state index in [4.69, 9.17) is 0 Å². The number of H-pyrrole nitrogens is 1. The van der Waals surface area contributed by atoms with Crippen LogP contribution in [0.2, 0.25) is 0 Å². The largest absolute Gasteiger partial charge is 0.339 e. The van der Waals surface area contributed by atoms with Crippen LogP contribution in [0, 0.1) is 27.4 Å². The number of nitrogens with zero attached hydrogens (tertiary/aromatic N) is 4. The van der Waals surface area contributed by atoms with E-state index in [9.17, 15) is 25.0 Å². The van der Waals surface area contributed by atoms with Gasteiger partial charge in [0.15, 0.2) is 0 Å². The zero-order valence-electron chi connectivity index (χ0n) is 17.0. The summed E-state index contributed by atoms with van der Waals surface area (Å²) in [6.45, 7) is 2.83. The second-order valence-corrected chi connectivity index (χ2v) is 7.83. The smallest absolute Gasteiger partial charge is 0.269 e. The Morgan fingerprint density at radius 3 is 2.87 bits per heavy atom. The summed E-state index contributed by atoms with van der Waals surface area (Å²) >= 11 is 0. The van der Waals surface area contributed by atoms with Gasteiger partial charge in [-0.15, -0.1) is 0 Å². The van der Waals surface area contributed by atoms with Crippen molar-refractivity contribution < 1.29 is 9.72 Å². The van der Waals surface area contributed by atoms with Gasteiger partial charge in [-0.1, -0.05) is 19.1 Å². The quantitative estimate of drug-likeness (QED) is 0.569. The highest BCUT2D eigenvalue weighted by atomic mass is 16.6. The van der Waals surface area contributed by atoms with Gasteiger partial charge >= 0.3 is 0 Å². The van der Waals surface area contributed by atoms with Crippen molar-refractivity contribution in [3.63, 3.8) is 0 Å². The molecule has 10 heteroatoms. The molecule has 160 valence electrons. The molecule has 4 rings (SSSR count). The lowest BCUT2D eigenvalue weighted by Gasteiger charge is -2.36. The standard InChI is InChI=1S/C21H22N6O4/c1-2-13-7-3-4-9-26(13)21-24-18-17(20(29)25-21)16(15(11-22)19(28)23-18)12-6-5-8-14(10-12)27(30)31/h5-6,8,10,13,15-16H,2-4,7,9H2,1H3,(H2,23,24,25,28,29). The minimum absolute atomic E-state index is 0.104. The third-order valence-corrected chi connectivity index (χ3v) is 6.06. The van der Waals surface area contributed by atoms with Crippen LogP contribution in [0.5, 0.6) is 0 Å². The summed E-state index contributed by atoms with van der Waals surface area (Å²) in [5, 5.41) is 23.4. The summed E-state index contributed by atoms with van der Waals surface area (Å²) in [4.78, 5) is 45.9. The van der Waals surface area contributed by atoms with Crippen molar-refractivity contribution in [2.45, 2.75) is 44.6 Å². The number of carbonyl (C=O) groups excluding carboxylic acids is 1. The number of rotatable bonds is 4. The Labute approximate surface area is 178 Å². The highest BCUT2D eigenvalue weighted by Crippen LogP contribution is 2.39. The highest BCUT2D eigenvalue weighted by molar-refractivity contribution is 5.98. The fraction of sp³-hybridized carbons (Fsp3) is 0.429. The Balaban J connectivity index is 1.85. The van der Waals surface area contributed by atoms with E-state index in [2.05, 4.69) is 27.1 Å². The van der Waals surface area contributed by atoms with Gasteiger partial charge in [-0.05, 0) is 31.2 Å². The summed E-state index contributed by atoms with van der Waals surface area (Å²) in [5.74, 6) is -2.25. The van der Waals surface area contributed by atoms with Crippen molar-refractivity contribution in [1.29, 1.82) is 5.26 Å². The lowest BCUT2D eigenvalue weighted by molar-refractivity contribution is -0.384. The average Bonchev–Trinajstić information content (AvgIpc) is 2.78. The normalized spacial score (nSPS) is 22.9. The summed E-state index contributed by atoms with van der Waals surface area (Å²) in [7, 11) is 0. The molecule has 3 heterocycles. The molecule has 0 spiro atoms. The van der Waals surface area contributed by atoms with Crippen LogP contribution in [-0.4, -0.2) is 33.4 Å². The van der Waals surface area contributed by atoms with Gasteiger partial charge in [0, 0.05) is 30.6 Å². The van der Waals surface area contributed by atoms with Crippen molar-refractivity contribution in [1.82, 2.24) is 9.97 Å². The molecule has 2 N–H and O–H groups in total. The zero-order valence-corrected chi connectivity index (χ0v) is 17.0. The van der Waals surface area contributed by atoms with E-state index in [1.165, 1.54) is 18.2 Å². The lowest BCUT2D eigenvalue weighted by atomic mass is 9.79. The van der Waals surface area contributed by atoms with Gasteiger partial charge in [0.25, 0.3) is 11.2 Å². The van der Waals surface area contributed by atoms with Gasteiger partial charge in [-0.3, -0.25) is 24.7 Å². The SMILES string of the molecule is CCC1CCCCN1c1nc2c(c(=O)[nH]1)C(c1cccc([N+](=O)[O-])c1)C(C#N)C(=O)N2. The molecule has 1 amide bonds. The molecule has 1 saturated heterocycles. The molecule has 10 nitrogen and oxygen atoms in total. The number of non-ortho nitro benzene ring substituents is 1. The van der Waals surface area contributed by atoms with E-state index in [1.807, 2.05) is 6.07 Å². The third kappa shape index (κ3) is 3.63. The molecular formula is C21H22N6O4. The van der Waals surface area contributed by atoms with Crippen LogP contribution in [0.25, 0.3) is 0 Å². The maximum absolute atomic E-state index is 13.2. The van der Waals surface area contributed by atoms with E-state index < -0.39 is 28.2 Å². The van der Waals surface area contributed by atoms with Crippen LogP contribution in [-0.2, 0) is 4.79 Å². The Hall–Kier alpha value is -3.74. The van der Waals surface area contributed by atoms with Crippen molar-refractivity contribution in [3.05, 3.63) is 55.9 Å². The van der Waals surface area contributed by atoms with E-state index >= 15 is 0 Å². The topological polar surface area (TPSA) is 145 Å². The predicted octanol–water partition coefficient (Wildman–Crippen LogP) is 2.67. The monoisotopic (exact) mass is 422 g/mol. The molecule has 0 aliphatic carbocycles. The number of fused-ring (bicyclic) bond motifs is 1. The van der Waals surface area contributed by atoms with E-state index in [0.717, 1.165) is 32.2 Å². The first-order valence-electron chi connectivity index (χ1n) is 10.3. The number of aromatic nitrogens is 2. The number of anilines is 2. The fourth-order valence-electron chi connectivity index (χ4n) is 4.53. The van der Waals surface area contributed by atoms with E-state index in [1.54, 1.807) is 6.07 Å². The van der Waals surface area contributed by atoms with Crippen molar-refractivity contribution in [3.8, 4) is 6.07 Å². The number of nitro groups is 1. The van der Waals surface area contributed by atoms with Crippen LogP contribution in [0.3, 0.4) is 0 Å². The first kappa shape index (κ1) is 20.5. The molecule has 1 aromatic heterocycles. The molecule has 0 radical (unpaired) electrons. The molecule has 31 heavy (non-hydrogen) atoms. The minimum atomic E-state index is -1.21. The molecule has 2 aliphatic heterocycles. The molecule has 3 unspecified atom stereocenters. The Kier molecular flexibility index (Phi) is 5.42. The molecule has 1 fully saturated rings. The van der Waals surface area contributed by atoms with Gasteiger partial charge in [0.05, 0.1) is 16.6 Å². The number of piperidine rings is 1. The predicted molar refractivity (Wildman–Crippen MR) is 113 cm³/mol. The number of nitrogens with one attached hydrogen (secondary N) is 2. The number of benzene rings is 1. The Morgan fingerprint density at radius 1 is 1.35 bits per heavy atom. The summed E-state index contributed by atoms with van der Waals surface area (Å²) < 4.78 is 0. The number of hydrogen-bond donors (Lipinski definition) is 2. The third-order valence-electron chi connectivity index (χ3n) is 6.06. The lowest BCUT2D eigenvalue weighted by Crippen LogP contribution is -2.43. The number of hydrogen-bond acceptors (Lipinski definition) is 7. The molecule has 1 aromatic carbocycles. The second-order valence-electron chi connectivity index (χ2n) is 7.83. The Bertz CT molecular complexity index is 1140. The molecule has 2 aromatic rings. The minimum Gasteiger partial charge on any atom is -0.339 e. The molecule has 2 aliphatic rings. The van der Waals surface area contributed by atoms with Gasteiger partial charge in [-0.2, -0.15) is 10.2 Å². The number of nitro benzene ring substituents is 1. The molecular weight excluding hydrogens is 400 g/mol. The first-order valence-corrected chi connectivity index (χ1v) is 10.3. The van der Waals surface area contributed by atoms with Crippen LogP contribution in [0.15, 0.2) is 29.1 Å². The average molecular weight is 422 g/mol. The van der Waals surface area contributed by atoms with Crippen LogP contribution in [0.1, 0.15) is 49.7 Å². The number of nitriles is 1. The van der Waals surface area contributed by atoms with Crippen molar-refractivity contribution in [2.24, 2.45) is 5.92 Å². The van der Waals surface area contributed by atoms with E-state index in [0.29, 0.717) is 11.5 Å². The highest BCUT2D eigenvalue weighted by Gasteiger charge is 2.41. The second kappa shape index (κ2) is 8.18. The van der Waals surface area contributed by atoms with Crippen LogP contribution in [0.4, 0.5) is 17.5 Å². The fourth-order valence-corrected chi connectivity index (χ4v) is 4.53. The molecule has 0 bridgehead atoms. The number of amides is 1. The van der Waals surface area contributed by atoms with Crippen LogP contribution < -0.4 is 15.8 Å². The number of aromatic amines is 1. The van der Waals surface area contributed by atoms with Gasteiger partial charge < -0.3 is 10.2 Å². The van der Waals surface area contributed by atoms with Crippen molar-refractivity contribution in [2.75, 3.05) is 16.8 Å². The number of carbonyl (C=O) groups is 1. The van der Waals surface area contributed by atoms with E-state index in [-0.39, 0.29) is 23.1 Å². The van der Waals surface area contributed by atoms with Gasteiger partial charge in [0.1, 0.15) is 11.7 Å². The summed E-state index contributed by atoms with van der Waals surface area (Å²) in [6.07, 6.45) is 3.99. The summed E-state index contributed by atoms with van der Waals surface area (Å²) in [6, 6.07) is 7.85. The molecule has 0 saturated carbocycles. The van der Waals surface area contributed by atoms with Crippen molar-refractivity contribution >= 4 is 23.4 Å². The zero-order chi connectivity index (χ0) is 22.1. The maximum atomic E-state index is 13.2. The van der Waals surface area contributed by atoms with Gasteiger partial charge in [0.2, 0.25) is 11.9 Å². The summed E-state index contributed by atoms with van der Waals surface area (Å²) in [5.41, 5.74) is -0.152. The Morgan fingerprint density at radius 2 is 2.16 bits per heavy atom. The van der Waals surface area contributed by atoms with Gasteiger partial charge in [-0.25, -0.2) is 0 Å². The van der Waals surface area contributed by atoms with Crippen LogP contribution >= 0.6 is 0 Å².